The van der Waals surface area contributed by atoms with Gasteiger partial charge in [0.15, 0.2) is 0 Å². The lowest BCUT2D eigenvalue weighted by molar-refractivity contribution is -0.116. The summed E-state index contributed by atoms with van der Waals surface area (Å²) in [5.74, 6) is 0.674. The molecule has 3 heteroatoms. The first-order chi connectivity index (χ1) is 9.28. The van der Waals surface area contributed by atoms with Crippen LogP contribution in [0.25, 0.3) is 0 Å². The summed E-state index contributed by atoms with van der Waals surface area (Å²) < 4.78 is 5.68. The van der Waals surface area contributed by atoms with Gasteiger partial charge in [-0.1, -0.05) is 27.2 Å². The third kappa shape index (κ3) is 3.20. The van der Waals surface area contributed by atoms with E-state index in [1.165, 1.54) is 6.42 Å². The van der Waals surface area contributed by atoms with Crippen molar-refractivity contribution in [2.45, 2.75) is 78.0 Å². The predicted molar refractivity (Wildman–Crippen MR) is 82.8 cm³/mol. The molecule has 1 heterocycles. The van der Waals surface area contributed by atoms with E-state index in [-0.39, 0.29) is 11.6 Å². The molecule has 3 atom stereocenters. The molecule has 0 aromatic rings. The molecule has 0 aromatic carbocycles. The molecule has 118 valence electrons. The number of rotatable bonds is 3. The zero-order chi connectivity index (χ0) is 15.0. The van der Waals surface area contributed by atoms with Gasteiger partial charge in [0.05, 0.1) is 19.3 Å². The van der Waals surface area contributed by atoms with Crippen molar-refractivity contribution in [3.05, 3.63) is 0 Å². The highest BCUT2D eigenvalue weighted by atomic mass is 16.5. The molecule has 1 aliphatic heterocycles. The topological polar surface area (TPSA) is 32.7 Å². The Labute approximate surface area is 124 Å². The first-order valence-corrected chi connectivity index (χ1v) is 8.30. The largest absolute Gasteiger partial charge is 0.393 e. The predicted octanol–water partition coefficient (Wildman–Crippen LogP) is 3.06. The standard InChI is InChI=1S/C17H33NO2/c1-6-16(2,3)14-8-7-13(19)11-15(14)18-9-10-20-12-17(18,4)5/h13-15,19H,6-12H2,1-5H3. The molecule has 20 heavy (non-hydrogen) atoms. The van der Waals surface area contributed by atoms with E-state index in [4.69, 9.17) is 4.74 Å². The number of hydrogen-bond acceptors (Lipinski definition) is 3. The number of nitrogens with zero attached hydrogens (tertiary/aromatic N) is 1. The van der Waals surface area contributed by atoms with Crippen molar-refractivity contribution in [1.82, 2.24) is 4.90 Å². The zero-order valence-corrected chi connectivity index (χ0v) is 14.0. The second-order valence-electron chi connectivity index (χ2n) is 8.04. The summed E-state index contributed by atoms with van der Waals surface area (Å²) in [5, 5.41) is 10.2. The maximum absolute atomic E-state index is 10.2. The maximum atomic E-state index is 10.2. The molecule has 3 unspecified atom stereocenters. The summed E-state index contributed by atoms with van der Waals surface area (Å²) in [4.78, 5) is 2.63. The van der Waals surface area contributed by atoms with Gasteiger partial charge in [0, 0.05) is 18.1 Å². The SMILES string of the molecule is CCC(C)(C)C1CCC(O)CC1N1CCOCC1(C)C. The van der Waals surface area contributed by atoms with Crippen molar-refractivity contribution in [1.29, 1.82) is 0 Å². The molecule has 1 saturated carbocycles. The third-order valence-electron chi connectivity index (χ3n) is 5.81. The van der Waals surface area contributed by atoms with Crippen LogP contribution in [0, 0.1) is 11.3 Å². The summed E-state index contributed by atoms with van der Waals surface area (Å²) >= 11 is 0. The average molecular weight is 283 g/mol. The van der Waals surface area contributed by atoms with Crippen molar-refractivity contribution in [3.63, 3.8) is 0 Å². The molecule has 2 fully saturated rings. The fourth-order valence-corrected chi connectivity index (χ4v) is 4.13. The van der Waals surface area contributed by atoms with Gasteiger partial charge in [-0.25, -0.2) is 0 Å². The number of morpholine rings is 1. The fourth-order valence-electron chi connectivity index (χ4n) is 4.13. The monoisotopic (exact) mass is 283 g/mol. The fraction of sp³-hybridized carbons (Fsp3) is 1.00. The van der Waals surface area contributed by atoms with Crippen molar-refractivity contribution in [2.24, 2.45) is 11.3 Å². The van der Waals surface area contributed by atoms with Crippen molar-refractivity contribution >= 4 is 0 Å². The van der Waals surface area contributed by atoms with Crippen LogP contribution >= 0.6 is 0 Å². The Morgan fingerprint density at radius 3 is 2.60 bits per heavy atom. The van der Waals surface area contributed by atoms with Crippen molar-refractivity contribution in [2.75, 3.05) is 19.8 Å². The van der Waals surface area contributed by atoms with Crippen LogP contribution in [0.3, 0.4) is 0 Å². The van der Waals surface area contributed by atoms with E-state index in [1.807, 2.05) is 0 Å². The highest BCUT2D eigenvalue weighted by Crippen LogP contribution is 2.44. The van der Waals surface area contributed by atoms with Crippen LogP contribution in [0.1, 0.15) is 60.3 Å². The Morgan fingerprint density at radius 1 is 1.30 bits per heavy atom. The van der Waals surface area contributed by atoms with Crippen LogP contribution in [0.4, 0.5) is 0 Å². The van der Waals surface area contributed by atoms with Gasteiger partial charge in [-0.2, -0.15) is 0 Å². The van der Waals surface area contributed by atoms with Crippen LogP contribution < -0.4 is 0 Å². The Kier molecular flexibility index (Phi) is 4.83. The Morgan fingerprint density at radius 2 is 2.00 bits per heavy atom. The maximum Gasteiger partial charge on any atom is 0.0645 e. The highest BCUT2D eigenvalue weighted by molar-refractivity contribution is 4.98. The number of ether oxygens (including phenoxy) is 1. The summed E-state index contributed by atoms with van der Waals surface area (Å²) in [6.45, 7) is 14.3. The van der Waals surface area contributed by atoms with Crippen LogP contribution in [0.5, 0.6) is 0 Å². The Bertz CT molecular complexity index is 317. The van der Waals surface area contributed by atoms with Crippen LogP contribution in [-0.2, 0) is 4.74 Å². The van der Waals surface area contributed by atoms with Gasteiger partial charge in [0.25, 0.3) is 0 Å². The van der Waals surface area contributed by atoms with Gasteiger partial charge in [0.1, 0.15) is 0 Å². The first-order valence-electron chi connectivity index (χ1n) is 8.30. The molecule has 1 N–H and O–H groups in total. The normalized spacial score (nSPS) is 36.0. The highest BCUT2D eigenvalue weighted by Gasteiger charge is 2.45. The molecule has 0 radical (unpaired) electrons. The minimum Gasteiger partial charge on any atom is -0.393 e. The lowest BCUT2D eigenvalue weighted by Crippen LogP contribution is -2.62. The van der Waals surface area contributed by atoms with Crippen LogP contribution in [0.2, 0.25) is 0 Å². The molecular formula is C17H33NO2. The summed E-state index contributed by atoms with van der Waals surface area (Å²) in [6, 6.07) is 0.493. The first kappa shape index (κ1) is 16.3. The molecular weight excluding hydrogens is 250 g/mol. The van der Waals surface area contributed by atoms with Gasteiger partial charge < -0.3 is 9.84 Å². The van der Waals surface area contributed by atoms with E-state index < -0.39 is 0 Å². The molecule has 3 nitrogen and oxygen atoms in total. The van der Waals surface area contributed by atoms with Crippen LogP contribution in [-0.4, -0.2) is 47.4 Å². The van der Waals surface area contributed by atoms with E-state index in [0.29, 0.717) is 17.4 Å². The minimum atomic E-state index is -0.123. The van der Waals surface area contributed by atoms with Crippen LogP contribution in [0.15, 0.2) is 0 Å². The van der Waals surface area contributed by atoms with E-state index in [9.17, 15) is 5.11 Å². The quantitative estimate of drug-likeness (QED) is 0.864. The van der Waals surface area contributed by atoms with Crippen molar-refractivity contribution in [3.8, 4) is 0 Å². The molecule has 2 aliphatic rings. The van der Waals surface area contributed by atoms with Gasteiger partial charge >= 0.3 is 0 Å². The molecule has 1 aliphatic carbocycles. The summed E-state index contributed by atoms with van der Waals surface area (Å²) in [6.07, 6.45) is 4.13. The van der Waals surface area contributed by atoms with Gasteiger partial charge in [-0.15, -0.1) is 0 Å². The average Bonchev–Trinajstić information content (AvgIpc) is 2.37. The third-order valence-corrected chi connectivity index (χ3v) is 5.81. The molecule has 0 aromatic heterocycles. The summed E-state index contributed by atoms with van der Waals surface area (Å²) in [5.41, 5.74) is 0.432. The van der Waals surface area contributed by atoms with E-state index in [2.05, 4.69) is 39.5 Å². The molecule has 2 rings (SSSR count). The van der Waals surface area contributed by atoms with E-state index >= 15 is 0 Å². The second-order valence-corrected chi connectivity index (χ2v) is 8.04. The Hall–Kier alpha value is -0.120. The summed E-state index contributed by atoms with van der Waals surface area (Å²) in [7, 11) is 0. The van der Waals surface area contributed by atoms with Gasteiger partial charge in [-0.05, 0) is 44.4 Å². The smallest absolute Gasteiger partial charge is 0.0645 e. The van der Waals surface area contributed by atoms with Crippen molar-refractivity contribution < 1.29 is 9.84 Å². The molecule has 0 spiro atoms. The van der Waals surface area contributed by atoms with Gasteiger partial charge in [0.2, 0.25) is 0 Å². The second kappa shape index (κ2) is 5.94. The van der Waals surface area contributed by atoms with E-state index in [1.54, 1.807) is 0 Å². The van der Waals surface area contributed by atoms with Gasteiger partial charge in [-0.3, -0.25) is 4.90 Å². The van der Waals surface area contributed by atoms with E-state index in [0.717, 1.165) is 39.0 Å². The lowest BCUT2D eigenvalue weighted by atomic mass is 9.65. The molecule has 0 bridgehead atoms. The number of aliphatic hydroxyl groups is 1. The minimum absolute atomic E-state index is 0.0854. The molecule has 0 amide bonds. The number of aliphatic hydroxyl groups excluding tert-OH is 1. The lowest BCUT2D eigenvalue weighted by Gasteiger charge is -2.54. The number of hydrogen-bond donors (Lipinski definition) is 1. The zero-order valence-electron chi connectivity index (χ0n) is 14.0. The molecule has 1 saturated heterocycles. The Balaban J connectivity index is 2.23.